The van der Waals surface area contributed by atoms with Crippen LogP contribution in [0.3, 0.4) is 0 Å². The molecule has 110 valence electrons. The van der Waals surface area contributed by atoms with Crippen molar-refractivity contribution in [1.29, 1.82) is 0 Å². The smallest absolute Gasteiger partial charge is 0.246 e. The van der Waals surface area contributed by atoms with Gasteiger partial charge in [-0.1, -0.05) is 32.9 Å². The second kappa shape index (κ2) is 6.22. The molecule has 2 aromatic heterocycles. The third-order valence-corrected chi connectivity index (χ3v) is 3.43. The quantitative estimate of drug-likeness (QED) is 0.881. The molecule has 0 amide bonds. The van der Waals surface area contributed by atoms with E-state index in [-0.39, 0.29) is 0 Å². The summed E-state index contributed by atoms with van der Waals surface area (Å²) >= 11 is 0. The maximum atomic E-state index is 5.28. The van der Waals surface area contributed by atoms with Crippen molar-refractivity contribution in [2.45, 2.75) is 46.2 Å². The Morgan fingerprint density at radius 2 is 2.05 bits per heavy atom. The summed E-state index contributed by atoms with van der Waals surface area (Å²) in [6.45, 7) is 9.16. The Bertz CT molecular complexity index is 542. The van der Waals surface area contributed by atoms with E-state index in [0.717, 1.165) is 5.82 Å². The van der Waals surface area contributed by atoms with Crippen LogP contribution in [0.4, 0.5) is 0 Å². The topological polar surface area (TPSA) is 55.9 Å². The van der Waals surface area contributed by atoms with Crippen molar-refractivity contribution >= 4 is 0 Å². The molecule has 0 spiro atoms. The summed E-state index contributed by atoms with van der Waals surface area (Å²) in [5, 5.41) is 7.34. The van der Waals surface area contributed by atoms with Gasteiger partial charge in [-0.15, -0.1) is 0 Å². The molecule has 1 atom stereocenters. The number of rotatable bonds is 6. The predicted molar refractivity (Wildman–Crippen MR) is 78.6 cm³/mol. The molecule has 0 aliphatic rings. The number of aromatic nitrogens is 3. The molecule has 2 heterocycles. The van der Waals surface area contributed by atoms with Gasteiger partial charge < -0.3 is 14.4 Å². The van der Waals surface area contributed by atoms with Crippen molar-refractivity contribution in [2.75, 3.05) is 7.05 Å². The molecule has 0 fully saturated rings. The molecule has 2 aromatic rings. The van der Waals surface area contributed by atoms with E-state index < -0.39 is 0 Å². The second-order valence-corrected chi connectivity index (χ2v) is 5.83. The molecule has 0 aliphatic heterocycles. The molecular weight excluding hydrogens is 252 g/mol. The summed E-state index contributed by atoms with van der Waals surface area (Å²) in [6, 6.07) is 2.51. The van der Waals surface area contributed by atoms with Crippen molar-refractivity contribution in [1.82, 2.24) is 20.0 Å². The molecule has 0 bridgehead atoms. The summed E-state index contributed by atoms with van der Waals surface area (Å²) in [4.78, 5) is 4.40. The molecule has 5 heteroatoms. The van der Waals surface area contributed by atoms with Crippen molar-refractivity contribution in [3.05, 3.63) is 35.7 Å². The standard InChI is InChI=1S/C15H24N4O/c1-10(2)14(16-5)12-6-7-19(8-12)9-13-17-15(11(3)4)18-20-13/h6-8,10-11,14,16H,9H2,1-5H3. The zero-order chi connectivity index (χ0) is 14.7. The van der Waals surface area contributed by atoms with Gasteiger partial charge in [-0.05, 0) is 24.6 Å². The first-order valence-electron chi connectivity index (χ1n) is 7.16. The lowest BCUT2D eigenvalue weighted by Gasteiger charge is -2.18. The Labute approximate surface area is 120 Å². The van der Waals surface area contributed by atoms with Gasteiger partial charge >= 0.3 is 0 Å². The highest BCUT2D eigenvalue weighted by atomic mass is 16.5. The van der Waals surface area contributed by atoms with Crippen molar-refractivity contribution in [3.8, 4) is 0 Å². The highest BCUT2D eigenvalue weighted by Crippen LogP contribution is 2.21. The van der Waals surface area contributed by atoms with Gasteiger partial charge in [0, 0.05) is 24.4 Å². The van der Waals surface area contributed by atoms with Crippen molar-refractivity contribution in [2.24, 2.45) is 5.92 Å². The molecule has 1 unspecified atom stereocenters. The van der Waals surface area contributed by atoms with Crippen LogP contribution in [-0.4, -0.2) is 21.8 Å². The third-order valence-electron chi connectivity index (χ3n) is 3.43. The summed E-state index contributed by atoms with van der Waals surface area (Å²) in [7, 11) is 1.99. The first kappa shape index (κ1) is 14.8. The van der Waals surface area contributed by atoms with Gasteiger partial charge in [0.2, 0.25) is 5.89 Å². The van der Waals surface area contributed by atoms with Gasteiger partial charge in [-0.2, -0.15) is 4.98 Å². The fourth-order valence-corrected chi connectivity index (χ4v) is 2.35. The van der Waals surface area contributed by atoms with Crippen LogP contribution in [0.15, 0.2) is 23.0 Å². The molecule has 1 N–H and O–H groups in total. The van der Waals surface area contributed by atoms with E-state index in [9.17, 15) is 0 Å². The molecule has 20 heavy (non-hydrogen) atoms. The van der Waals surface area contributed by atoms with Gasteiger partial charge in [-0.3, -0.25) is 0 Å². The van der Waals surface area contributed by atoms with Gasteiger partial charge in [0.25, 0.3) is 0 Å². The number of nitrogens with one attached hydrogen (secondary N) is 1. The Kier molecular flexibility index (Phi) is 4.60. The lowest BCUT2D eigenvalue weighted by Crippen LogP contribution is -2.21. The Hall–Kier alpha value is -1.62. The minimum absolute atomic E-state index is 0.294. The Balaban J connectivity index is 2.08. The van der Waals surface area contributed by atoms with E-state index in [4.69, 9.17) is 4.52 Å². The summed E-state index contributed by atoms with van der Waals surface area (Å²) in [5.41, 5.74) is 1.28. The van der Waals surface area contributed by atoms with Crippen LogP contribution >= 0.6 is 0 Å². The SMILES string of the molecule is CNC(c1ccn(Cc2nc(C(C)C)no2)c1)C(C)C. The van der Waals surface area contributed by atoms with Crippen LogP contribution in [0, 0.1) is 5.92 Å². The minimum Gasteiger partial charge on any atom is -0.345 e. The molecular formula is C15H24N4O. The highest BCUT2D eigenvalue weighted by Gasteiger charge is 2.15. The van der Waals surface area contributed by atoms with E-state index in [1.54, 1.807) is 0 Å². The Morgan fingerprint density at radius 3 is 2.60 bits per heavy atom. The summed E-state index contributed by atoms with van der Waals surface area (Å²) < 4.78 is 7.36. The van der Waals surface area contributed by atoms with Crippen LogP contribution in [0.25, 0.3) is 0 Å². The van der Waals surface area contributed by atoms with Crippen LogP contribution in [-0.2, 0) is 6.54 Å². The maximum Gasteiger partial charge on any atom is 0.246 e. The van der Waals surface area contributed by atoms with E-state index >= 15 is 0 Å². The highest BCUT2D eigenvalue weighted by molar-refractivity contribution is 5.16. The second-order valence-electron chi connectivity index (χ2n) is 5.83. The molecule has 0 aromatic carbocycles. The van der Waals surface area contributed by atoms with Crippen LogP contribution in [0.1, 0.15) is 56.9 Å². The van der Waals surface area contributed by atoms with Crippen LogP contribution in [0.5, 0.6) is 0 Å². The molecule has 0 saturated heterocycles. The number of hydrogen-bond acceptors (Lipinski definition) is 4. The van der Waals surface area contributed by atoms with Crippen molar-refractivity contribution < 1.29 is 4.52 Å². The zero-order valence-electron chi connectivity index (χ0n) is 12.9. The predicted octanol–water partition coefficient (Wildman–Crippen LogP) is 2.96. The largest absolute Gasteiger partial charge is 0.345 e. The minimum atomic E-state index is 0.294. The average Bonchev–Trinajstić information content (AvgIpc) is 3.00. The monoisotopic (exact) mass is 276 g/mol. The van der Waals surface area contributed by atoms with E-state index in [0.29, 0.717) is 30.3 Å². The molecule has 0 saturated carbocycles. The number of hydrogen-bond donors (Lipinski definition) is 1. The normalized spacial score (nSPS) is 13.3. The molecule has 5 nitrogen and oxygen atoms in total. The van der Waals surface area contributed by atoms with Crippen molar-refractivity contribution in [3.63, 3.8) is 0 Å². The van der Waals surface area contributed by atoms with Crippen LogP contribution in [0.2, 0.25) is 0 Å². The summed E-state index contributed by atoms with van der Waals surface area (Å²) in [6.07, 6.45) is 4.20. The van der Waals surface area contributed by atoms with Gasteiger partial charge in [0.05, 0.1) is 0 Å². The van der Waals surface area contributed by atoms with E-state index in [1.807, 2.05) is 7.05 Å². The average molecular weight is 276 g/mol. The molecule has 0 radical (unpaired) electrons. The molecule has 2 rings (SSSR count). The van der Waals surface area contributed by atoms with Gasteiger partial charge in [0.1, 0.15) is 6.54 Å². The van der Waals surface area contributed by atoms with Gasteiger partial charge in [0.15, 0.2) is 5.82 Å². The number of nitrogens with zero attached hydrogens (tertiary/aromatic N) is 3. The fraction of sp³-hybridized carbons (Fsp3) is 0.600. The first-order chi connectivity index (χ1) is 9.51. The lowest BCUT2D eigenvalue weighted by molar-refractivity contribution is 0.364. The van der Waals surface area contributed by atoms with E-state index in [2.05, 4.69) is 66.2 Å². The first-order valence-corrected chi connectivity index (χ1v) is 7.16. The molecule has 0 aliphatic carbocycles. The Morgan fingerprint density at radius 1 is 1.30 bits per heavy atom. The summed E-state index contributed by atoms with van der Waals surface area (Å²) in [5.74, 6) is 2.26. The maximum absolute atomic E-state index is 5.28. The van der Waals surface area contributed by atoms with E-state index in [1.165, 1.54) is 5.56 Å². The lowest BCUT2D eigenvalue weighted by atomic mass is 9.99. The zero-order valence-corrected chi connectivity index (χ0v) is 12.9. The van der Waals surface area contributed by atoms with Gasteiger partial charge in [-0.25, -0.2) is 0 Å². The third kappa shape index (κ3) is 3.28. The van der Waals surface area contributed by atoms with Crippen LogP contribution < -0.4 is 5.32 Å². The fourth-order valence-electron chi connectivity index (χ4n) is 2.35.